The Labute approximate surface area is 124 Å². The zero-order valence-electron chi connectivity index (χ0n) is 12.9. The van der Waals surface area contributed by atoms with Crippen molar-refractivity contribution in [2.45, 2.75) is 87.9 Å². The Hall–Kier alpha value is -0.560. The molecule has 132 valence electrons. The van der Waals surface area contributed by atoms with E-state index in [-0.39, 0.29) is 6.92 Å². The van der Waals surface area contributed by atoms with Crippen molar-refractivity contribution in [3.63, 3.8) is 0 Å². The fraction of sp³-hybridized carbons (Fsp3) is 1.00. The number of alkyl halides is 8. The summed E-state index contributed by atoms with van der Waals surface area (Å²) < 4.78 is 115. The molecule has 1 saturated carbocycles. The average molecular weight is 340 g/mol. The van der Waals surface area contributed by atoms with Crippen LogP contribution in [-0.4, -0.2) is 34.5 Å². The summed E-state index contributed by atoms with van der Waals surface area (Å²) in [5.74, 6) is -10.4. The lowest BCUT2D eigenvalue weighted by Gasteiger charge is -2.59. The summed E-state index contributed by atoms with van der Waals surface area (Å²) in [6.07, 6.45) is -4.96. The quantitative estimate of drug-likeness (QED) is 0.572. The van der Waals surface area contributed by atoms with E-state index >= 15 is 0 Å². The number of hydrogen-bond donors (Lipinski definition) is 0. The van der Waals surface area contributed by atoms with Gasteiger partial charge in [0.1, 0.15) is 0 Å². The van der Waals surface area contributed by atoms with Crippen LogP contribution in [0.1, 0.15) is 53.4 Å². The van der Waals surface area contributed by atoms with Gasteiger partial charge in [0.2, 0.25) is 5.67 Å². The monoisotopic (exact) mass is 340 g/mol. The maximum atomic E-state index is 14.8. The molecule has 22 heavy (non-hydrogen) atoms. The first-order valence-corrected chi connectivity index (χ1v) is 7.15. The van der Waals surface area contributed by atoms with Gasteiger partial charge in [0, 0.05) is 13.3 Å². The molecule has 4 atom stereocenters. The molecule has 1 aliphatic carbocycles. The van der Waals surface area contributed by atoms with Gasteiger partial charge in [-0.2, -0.15) is 8.78 Å². The molecule has 0 aliphatic heterocycles. The van der Waals surface area contributed by atoms with Crippen molar-refractivity contribution in [1.29, 1.82) is 0 Å². The molecular formula is C14H20F8. The summed E-state index contributed by atoms with van der Waals surface area (Å²) in [4.78, 5) is 0. The van der Waals surface area contributed by atoms with Gasteiger partial charge in [-0.1, -0.05) is 20.8 Å². The van der Waals surface area contributed by atoms with Gasteiger partial charge in [-0.25, -0.2) is 26.3 Å². The summed E-state index contributed by atoms with van der Waals surface area (Å²) in [5.41, 5.74) is -16.7. The van der Waals surface area contributed by atoms with Gasteiger partial charge in [-0.15, -0.1) is 0 Å². The average Bonchev–Trinajstić information content (AvgIpc) is 2.41. The third-order valence-electron chi connectivity index (χ3n) is 5.03. The Morgan fingerprint density at radius 3 is 1.45 bits per heavy atom. The van der Waals surface area contributed by atoms with Gasteiger partial charge in [0.15, 0.2) is 11.3 Å². The van der Waals surface area contributed by atoms with Gasteiger partial charge in [0.05, 0.1) is 0 Å². The largest absolute Gasteiger partial charge is 0.327 e. The second-order valence-corrected chi connectivity index (χ2v) is 6.09. The first kappa shape index (κ1) is 19.5. The summed E-state index contributed by atoms with van der Waals surface area (Å²) in [5, 5.41) is 0. The van der Waals surface area contributed by atoms with E-state index in [0.29, 0.717) is 0 Å². The first-order valence-electron chi connectivity index (χ1n) is 7.15. The highest BCUT2D eigenvalue weighted by Crippen LogP contribution is 2.68. The van der Waals surface area contributed by atoms with E-state index in [1.807, 2.05) is 0 Å². The highest BCUT2D eigenvalue weighted by Gasteiger charge is 2.90. The molecule has 1 aliphatic rings. The van der Waals surface area contributed by atoms with Crippen molar-refractivity contribution in [2.75, 3.05) is 0 Å². The molecule has 0 aromatic heterocycles. The SMILES string of the molecule is CCC1(F)CC(F)(CC)C(F)(C(C)(F)F)C(F)(F)C1(F)CC. The van der Waals surface area contributed by atoms with Gasteiger partial charge in [-0.05, 0) is 19.3 Å². The Morgan fingerprint density at radius 1 is 0.773 bits per heavy atom. The zero-order valence-corrected chi connectivity index (χ0v) is 12.9. The third-order valence-corrected chi connectivity index (χ3v) is 5.03. The lowest BCUT2D eigenvalue weighted by Crippen LogP contribution is -2.82. The highest BCUT2D eigenvalue weighted by molar-refractivity contribution is 5.29. The molecule has 0 spiro atoms. The van der Waals surface area contributed by atoms with Crippen molar-refractivity contribution >= 4 is 0 Å². The van der Waals surface area contributed by atoms with Crippen LogP contribution in [0.4, 0.5) is 35.1 Å². The van der Waals surface area contributed by atoms with Crippen molar-refractivity contribution in [3.8, 4) is 0 Å². The summed E-state index contributed by atoms with van der Waals surface area (Å²) in [6, 6.07) is 0. The molecule has 0 heterocycles. The molecule has 0 saturated heterocycles. The Kier molecular flexibility index (Phi) is 4.40. The molecule has 0 bridgehead atoms. The molecule has 0 aromatic carbocycles. The minimum atomic E-state index is -5.54. The van der Waals surface area contributed by atoms with Crippen molar-refractivity contribution < 1.29 is 35.1 Å². The Morgan fingerprint density at radius 2 is 1.18 bits per heavy atom. The van der Waals surface area contributed by atoms with Gasteiger partial charge in [-0.3, -0.25) is 0 Å². The minimum Gasteiger partial charge on any atom is -0.240 e. The maximum absolute atomic E-state index is 14.8. The molecule has 4 unspecified atom stereocenters. The second kappa shape index (κ2) is 4.97. The smallest absolute Gasteiger partial charge is 0.240 e. The zero-order chi connectivity index (χ0) is 17.8. The molecule has 8 heteroatoms. The molecule has 0 N–H and O–H groups in total. The van der Waals surface area contributed by atoms with Crippen LogP contribution < -0.4 is 0 Å². The number of rotatable bonds is 4. The van der Waals surface area contributed by atoms with E-state index in [0.717, 1.165) is 20.8 Å². The van der Waals surface area contributed by atoms with E-state index in [1.54, 1.807) is 0 Å². The summed E-state index contributed by atoms with van der Waals surface area (Å²) in [7, 11) is 0. The van der Waals surface area contributed by atoms with Crippen LogP contribution in [0.3, 0.4) is 0 Å². The van der Waals surface area contributed by atoms with Gasteiger partial charge >= 0.3 is 5.92 Å². The summed E-state index contributed by atoms with van der Waals surface area (Å²) >= 11 is 0. The highest BCUT2D eigenvalue weighted by atomic mass is 19.3. The molecule has 0 radical (unpaired) electrons. The lowest BCUT2D eigenvalue weighted by molar-refractivity contribution is -0.378. The standard InChI is InChI=1S/C14H20F8/c1-5-10(17)8-11(18,6-2)13(20,9(4,15)16)14(21,22)12(10,19)7-3/h5-8H2,1-4H3. The fourth-order valence-corrected chi connectivity index (χ4v) is 3.52. The van der Waals surface area contributed by atoms with Gasteiger partial charge < -0.3 is 0 Å². The van der Waals surface area contributed by atoms with Crippen molar-refractivity contribution in [1.82, 2.24) is 0 Å². The van der Waals surface area contributed by atoms with E-state index in [4.69, 9.17) is 0 Å². The Bertz CT molecular complexity index is 433. The molecular weight excluding hydrogens is 320 g/mol. The van der Waals surface area contributed by atoms with E-state index < -0.39 is 60.2 Å². The Balaban J connectivity index is 3.80. The van der Waals surface area contributed by atoms with Crippen LogP contribution in [0.25, 0.3) is 0 Å². The van der Waals surface area contributed by atoms with Crippen LogP contribution in [0.15, 0.2) is 0 Å². The molecule has 1 fully saturated rings. The first-order chi connectivity index (χ1) is 9.64. The predicted molar refractivity (Wildman–Crippen MR) is 66.4 cm³/mol. The van der Waals surface area contributed by atoms with E-state index in [9.17, 15) is 35.1 Å². The van der Waals surface area contributed by atoms with Crippen LogP contribution in [0.5, 0.6) is 0 Å². The van der Waals surface area contributed by atoms with Crippen LogP contribution in [0.2, 0.25) is 0 Å². The predicted octanol–water partition coefficient (Wildman–Crippen LogP) is 5.74. The molecule has 0 nitrogen and oxygen atoms in total. The second-order valence-electron chi connectivity index (χ2n) is 6.09. The number of halogens is 8. The topological polar surface area (TPSA) is 0 Å². The molecule has 1 rings (SSSR count). The third kappa shape index (κ3) is 1.87. The van der Waals surface area contributed by atoms with Crippen LogP contribution in [0, 0.1) is 0 Å². The summed E-state index contributed by atoms with van der Waals surface area (Å²) in [6.45, 7) is 2.40. The van der Waals surface area contributed by atoms with Crippen molar-refractivity contribution in [2.24, 2.45) is 0 Å². The van der Waals surface area contributed by atoms with Gasteiger partial charge in [0.25, 0.3) is 11.6 Å². The normalized spacial score (nSPS) is 45.8. The number of hydrogen-bond acceptors (Lipinski definition) is 0. The molecule has 0 amide bonds. The van der Waals surface area contributed by atoms with E-state index in [2.05, 4.69) is 0 Å². The maximum Gasteiger partial charge on any atom is 0.327 e. The fourth-order valence-electron chi connectivity index (χ4n) is 3.52. The van der Waals surface area contributed by atoms with Crippen molar-refractivity contribution in [3.05, 3.63) is 0 Å². The van der Waals surface area contributed by atoms with E-state index in [1.165, 1.54) is 0 Å². The van der Waals surface area contributed by atoms with Crippen LogP contribution in [-0.2, 0) is 0 Å². The lowest BCUT2D eigenvalue weighted by atomic mass is 9.55. The van der Waals surface area contributed by atoms with Crippen LogP contribution >= 0.6 is 0 Å². The molecule has 0 aromatic rings. The minimum absolute atomic E-state index is 0.238.